The Balaban J connectivity index is 0.000000191. The molecule has 0 spiro atoms. The van der Waals surface area contributed by atoms with Gasteiger partial charge < -0.3 is 19.8 Å². The minimum atomic E-state index is -0.396. The molecule has 0 unspecified atom stereocenters. The Labute approximate surface area is 207 Å². The average Bonchev–Trinajstić information content (AvgIpc) is 3.52. The Morgan fingerprint density at radius 3 is 1.85 bits per heavy atom. The van der Waals surface area contributed by atoms with Crippen LogP contribution in [0.3, 0.4) is 0 Å². The average molecular weight is 507 g/mol. The fourth-order valence-corrected chi connectivity index (χ4v) is 3.66. The molecule has 0 aliphatic rings. The number of anilines is 2. The highest BCUT2D eigenvalue weighted by Crippen LogP contribution is 2.24. The number of hydrogen-bond acceptors (Lipinski definition) is 4. The Morgan fingerprint density at radius 2 is 1.38 bits per heavy atom. The summed E-state index contributed by atoms with van der Waals surface area (Å²) in [5.74, 6) is -0.720. The molecular formula is C24H26Cl2F2N6. The molecule has 6 nitrogen and oxygen atoms in total. The van der Waals surface area contributed by atoms with Gasteiger partial charge in [0.15, 0.2) is 0 Å². The molecule has 0 saturated carbocycles. The van der Waals surface area contributed by atoms with Gasteiger partial charge in [0, 0.05) is 41.9 Å². The van der Waals surface area contributed by atoms with E-state index in [0.29, 0.717) is 18.1 Å². The van der Waals surface area contributed by atoms with Crippen molar-refractivity contribution in [3.8, 4) is 0 Å². The maximum absolute atomic E-state index is 13.4. The number of nitrogens with zero attached hydrogens (tertiary/aromatic N) is 4. The lowest BCUT2D eigenvalue weighted by molar-refractivity contribution is 0.626. The summed E-state index contributed by atoms with van der Waals surface area (Å²) in [6.45, 7) is 6.88. The Morgan fingerprint density at radius 1 is 0.794 bits per heavy atom. The summed E-state index contributed by atoms with van der Waals surface area (Å²) in [4.78, 5) is 18.0. The van der Waals surface area contributed by atoms with Crippen LogP contribution in [0.5, 0.6) is 0 Å². The van der Waals surface area contributed by atoms with Crippen molar-refractivity contribution in [3.05, 3.63) is 94.5 Å². The zero-order chi connectivity index (χ0) is 24.5. The fourth-order valence-electron chi connectivity index (χ4n) is 3.33. The van der Waals surface area contributed by atoms with E-state index in [1.807, 2.05) is 29.7 Å². The number of aromatic amines is 2. The quantitative estimate of drug-likeness (QED) is 0.288. The summed E-state index contributed by atoms with van der Waals surface area (Å²) in [6.07, 6.45) is 6.77. The molecule has 0 fully saturated rings. The lowest BCUT2D eigenvalue weighted by Gasteiger charge is -2.22. The molecule has 0 bridgehead atoms. The highest BCUT2D eigenvalue weighted by atomic mass is 35.5. The summed E-state index contributed by atoms with van der Waals surface area (Å²) >= 11 is 11.5. The molecule has 180 valence electrons. The number of halogens is 4. The molecule has 0 atom stereocenters. The van der Waals surface area contributed by atoms with Crippen molar-refractivity contribution in [2.45, 2.75) is 26.9 Å². The van der Waals surface area contributed by atoms with Gasteiger partial charge in [-0.05, 0) is 50.2 Å². The van der Waals surface area contributed by atoms with E-state index in [1.54, 1.807) is 37.2 Å². The van der Waals surface area contributed by atoms with Crippen molar-refractivity contribution in [2.24, 2.45) is 0 Å². The minimum absolute atomic E-state index is 0.145. The zero-order valence-electron chi connectivity index (χ0n) is 18.9. The number of hydrogen-bond donors (Lipinski definition) is 2. The van der Waals surface area contributed by atoms with E-state index < -0.39 is 5.82 Å². The van der Waals surface area contributed by atoms with Crippen LogP contribution in [0, 0.1) is 11.6 Å². The van der Waals surface area contributed by atoms with Crippen LogP contribution in [0.4, 0.5) is 20.2 Å². The number of benzene rings is 2. The monoisotopic (exact) mass is 506 g/mol. The molecule has 10 heteroatoms. The minimum Gasteiger partial charge on any atom is -0.366 e. The predicted octanol–water partition coefficient (Wildman–Crippen LogP) is 6.46. The van der Waals surface area contributed by atoms with E-state index in [2.05, 4.69) is 19.9 Å². The molecule has 4 aromatic rings. The lowest BCUT2D eigenvalue weighted by atomic mass is 10.2. The first-order valence-corrected chi connectivity index (χ1v) is 11.5. The third kappa shape index (κ3) is 7.20. The predicted molar refractivity (Wildman–Crippen MR) is 133 cm³/mol. The normalized spacial score (nSPS) is 10.5. The SMILES string of the molecule is CCN(Cc1cnc[nH]1)c1cc(F)cc(Cl)c1.CCN(Cc1cnc[nH]1)c1ccc(Cl)c(F)c1. The molecule has 2 aromatic carbocycles. The molecular weight excluding hydrogens is 481 g/mol. The number of rotatable bonds is 8. The van der Waals surface area contributed by atoms with Gasteiger partial charge >= 0.3 is 0 Å². The Hall–Kier alpha value is -3.10. The molecule has 0 aliphatic heterocycles. The van der Waals surface area contributed by atoms with Gasteiger partial charge in [0.2, 0.25) is 0 Å². The molecule has 0 amide bonds. The van der Waals surface area contributed by atoms with Gasteiger partial charge in [0.1, 0.15) is 11.6 Å². The van der Waals surface area contributed by atoms with Crippen LogP contribution in [-0.2, 0) is 13.1 Å². The highest BCUT2D eigenvalue weighted by Gasteiger charge is 2.10. The smallest absolute Gasteiger partial charge is 0.143 e. The largest absolute Gasteiger partial charge is 0.366 e. The molecule has 34 heavy (non-hydrogen) atoms. The van der Waals surface area contributed by atoms with Crippen molar-refractivity contribution in [1.29, 1.82) is 0 Å². The van der Waals surface area contributed by atoms with E-state index in [1.165, 1.54) is 18.2 Å². The standard InChI is InChI=1S/2C12H13ClFN3/c1-2-17(7-11-6-15-8-16-11)12-4-9(13)3-10(14)5-12;1-2-17(7-9-6-15-8-16-9)10-3-4-11(13)12(14)5-10/h2*3-6,8H,2,7H2,1H3,(H,15,16). The second kappa shape index (κ2) is 12.4. The lowest BCUT2D eigenvalue weighted by Crippen LogP contribution is -2.22. The van der Waals surface area contributed by atoms with Crippen molar-refractivity contribution in [1.82, 2.24) is 19.9 Å². The van der Waals surface area contributed by atoms with Crippen LogP contribution in [0.1, 0.15) is 25.2 Å². The van der Waals surface area contributed by atoms with E-state index in [4.69, 9.17) is 23.2 Å². The molecule has 2 N–H and O–H groups in total. The second-order valence-electron chi connectivity index (χ2n) is 7.41. The number of H-pyrrole nitrogens is 2. The van der Waals surface area contributed by atoms with E-state index >= 15 is 0 Å². The third-order valence-corrected chi connectivity index (χ3v) is 5.60. The summed E-state index contributed by atoms with van der Waals surface area (Å²) in [7, 11) is 0. The van der Waals surface area contributed by atoms with Gasteiger partial charge in [-0.3, -0.25) is 0 Å². The molecule has 2 heterocycles. The summed E-state index contributed by atoms with van der Waals surface area (Å²) in [5, 5.41) is 0.550. The number of aromatic nitrogens is 4. The third-order valence-electron chi connectivity index (χ3n) is 5.08. The van der Waals surface area contributed by atoms with Gasteiger partial charge in [-0.1, -0.05) is 23.2 Å². The van der Waals surface area contributed by atoms with Crippen LogP contribution in [-0.4, -0.2) is 33.0 Å². The summed E-state index contributed by atoms with van der Waals surface area (Å²) in [5.41, 5.74) is 3.55. The number of imidazole rings is 2. The van der Waals surface area contributed by atoms with Crippen molar-refractivity contribution in [2.75, 3.05) is 22.9 Å². The molecule has 0 radical (unpaired) electrons. The first-order valence-electron chi connectivity index (χ1n) is 10.7. The molecule has 0 saturated heterocycles. The van der Waals surface area contributed by atoms with Crippen LogP contribution in [0.2, 0.25) is 10.0 Å². The summed E-state index contributed by atoms with van der Waals surface area (Å²) < 4.78 is 26.6. The maximum Gasteiger partial charge on any atom is 0.143 e. The van der Waals surface area contributed by atoms with Gasteiger partial charge in [-0.2, -0.15) is 0 Å². The zero-order valence-corrected chi connectivity index (χ0v) is 20.4. The van der Waals surface area contributed by atoms with E-state index in [0.717, 1.165) is 35.9 Å². The summed E-state index contributed by atoms with van der Waals surface area (Å²) in [6, 6.07) is 9.36. The van der Waals surface area contributed by atoms with Crippen LogP contribution < -0.4 is 9.80 Å². The van der Waals surface area contributed by atoms with Gasteiger partial charge in [-0.25, -0.2) is 18.7 Å². The fraction of sp³-hybridized carbons (Fsp3) is 0.250. The molecule has 0 aliphatic carbocycles. The first kappa shape index (κ1) is 25.5. The Kier molecular flexibility index (Phi) is 9.30. The van der Waals surface area contributed by atoms with E-state index in [-0.39, 0.29) is 10.8 Å². The first-order chi connectivity index (χ1) is 16.4. The second-order valence-corrected chi connectivity index (χ2v) is 8.25. The van der Waals surface area contributed by atoms with Crippen LogP contribution >= 0.6 is 23.2 Å². The van der Waals surface area contributed by atoms with Crippen LogP contribution in [0.15, 0.2) is 61.4 Å². The molecule has 4 rings (SSSR count). The Bertz CT molecular complexity index is 1130. The van der Waals surface area contributed by atoms with Crippen LogP contribution in [0.25, 0.3) is 0 Å². The van der Waals surface area contributed by atoms with Crippen molar-refractivity contribution < 1.29 is 8.78 Å². The topological polar surface area (TPSA) is 63.8 Å². The number of nitrogens with one attached hydrogen (secondary N) is 2. The van der Waals surface area contributed by atoms with Crippen molar-refractivity contribution in [3.63, 3.8) is 0 Å². The highest BCUT2D eigenvalue weighted by molar-refractivity contribution is 6.31. The van der Waals surface area contributed by atoms with E-state index in [9.17, 15) is 8.78 Å². The van der Waals surface area contributed by atoms with Crippen molar-refractivity contribution >= 4 is 34.6 Å². The maximum atomic E-state index is 13.4. The van der Waals surface area contributed by atoms with Gasteiger partial charge in [0.25, 0.3) is 0 Å². The van der Waals surface area contributed by atoms with Gasteiger partial charge in [0.05, 0.1) is 42.2 Å². The molecule has 2 aromatic heterocycles. The van der Waals surface area contributed by atoms with Gasteiger partial charge in [-0.15, -0.1) is 0 Å².